The number of aromatic nitrogens is 1. The second-order valence-electron chi connectivity index (χ2n) is 5.83. The second kappa shape index (κ2) is 7.61. The van der Waals surface area contributed by atoms with Gasteiger partial charge in [0, 0.05) is 25.4 Å². The van der Waals surface area contributed by atoms with Gasteiger partial charge in [-0.1, -0.05) is 39.2 Å². The molecular formula is C16H26N2O. The van der Waals surface area contributed by atoms with Crippen molar-refractivity contribution in [2.24, 2.45) is 5.92 Å². The molecule has 3 nitrogen and oxygen atoms in total. The maximum absolute atomic E-state index is 5.69. The van der Waals surface area contributed by atoms with E-state index in [4.69, 9.17) is 4.74 Å². The molecule has 1 N–H and O–H groups in total. The first-order valence-electron chi connectivity index (χ1n) is 7.49. The molecule has 106 valence electrons. The van der Waals surface area contributed by atoms with Gasteiger partial charge >= 0.3 is 0 Å². The van der Waals surface area contributed by atoms with E-state index < -0.39 is 0 Å². The largest absolute Gasteiger partial charge is 0.375 e. The number of nitrogens with zero attached hydrogens (tertiary/aromatic N) is 1. The average molecular weight is 262 g/mol. The fourth-order valence-corrected chi connectivity index (χ4v) is 2.18. The van der Waals surface area contributed by atoms with E-state index >= 15 is 0 Å². The van der Waals surface area contributed by atoms with Crippen molar-refractivity contribution in [1.29, 1.82) is 0 Å². The summed E-state index contributed by atoms with van der Waals surface area (Å²) in [7, 11) is 0. The summed E-state index contributed by atoms with van der Waals surface area (Å²) in [6, 6.07) is 4.71. The summed E-state index contributed by atoms with van der Waals surface area (Å²) in [5.74, 6) is 0.928. The summed E-state index contributed by atoms with van der Waals surface area (Å²) in [4.78, 5) is 4.44. The van der Waals surface area contributed by atoms with Crippen molar-refractivity contribution in [3.63, 3.8) is 0 Å². The highest BCUT2D eigenvalue weighted by atomic mass is 16.5. The van der Waals surface area contributed by atoms with E-state index in [9.17, 15) is 0 Å². The van der Waals surface area contributed by atoms with Gasteiger partial charge in [-0.2, -0.15) is 0 Å². The molecule has 1 aliphatic rings. The van der Waals surface area contributed by atoms with Crippen LogP contribution < -0.4 is 5.32 Å². The van der Waals surface area contributed by atoms with E-state index in [1.54, 1.807) is 0 Å². The smallest absolute Gasteiger partial charge is 0.0887 e. The van der Waals surface area contributed by atoms with E-state index in [-0.39, 0.29) is 0 Å². The number of hydrogen-bond acceptors (Lipinski definition) is 3. The van der Waals surface area contributed by atoms with E-state index in [1.807, 2.05) is 6.20 Å². The Morgan fingerprint density at radius 3 is 2.79 bits per heavy atom. The first kappa shape index (κ1) is 14.5. The average Bonchev–Trinajstić information content (AvgIpc) is 2.35. The molecule has 2 rings (SSSR count). The topological polar surface area (TPSA) is 34.1 Å². The number of nitrogens with one attached hydrogen (secondary N) is 1. The van der Waals surface area contributed by atoms with Crippen LogP contribution in [0.2, 0.25) is 0 Å². The maximum atomic E-state index is 5.69. The van der Waals surface area contributed by atoms with Crippen molar-refractivity contribution in [3.8, 4) is 0 Å². The summed E-state index contributed by atoms with van der Waals surface area (Å²) in [6.07, 6.45) is 7.38. The van der Waals surface area contributed by atoms with Gasteiger partial charge in [-0.25, -0.2) is 0 Å². The Kier molecular flexibility index (Phi) is 5.80. The number of hydrogen-bond donors (Lipinski definition) is 1. The van der Waals surface area contributed by atoms with Crippen molar-refractivity contribution >= 4 is 0 Å². The minimum absolute atomic E-state index is 0.509. The van der Waals surface area contributed by atoms with E-state index in [1.165, 1.54) is 31.2 Å². The Labute approximate surface area is 116 Å². The summed E-state index contributed by atoms with van der Waals surface area (Å²) < 4.78 is 5.69. The quantitative estimate of drug-likeness (QED) is 0.730. The van der Waals surface area contributed by atoms with Gasteiger partial charge in [0.25, 0.3) is 0 Å². The van der Waals surface area contributed by atoms with E-state index in [0.717, 1.165) is 24.8 Å². The van der Waals surface area contributed by atoms with Crippen LogP contribution >= 0.6 is 0 Å². The normalized spacial score (nSPS) is 15.7. The Morgan fingerprint density at radius 2 is 2.21 bits per heavy atom. The van der Waals surface area contributed by atoms with Crippen LogP contribution in [0.3, 0.4) is 0 Å². The minimum atomic E-state index is 0.509. The molecule has 0 atom stereocenters. The van der Waals surface area contributed by atoms with Gasteiger partial charge in [0.1, 0.15) is 0 Å². The Hall–Kier alpha value is -0.930. The first-order valence-corrected chi connectivity index (χ1v) is 7.49. The fourth-order valence-electron chi connectivity index (χ4n) is 2.18. The van der Waals surface area contributed by atoms with E-state index in [0.29, 0.717) is 12.6 Å². The molecule has 1 saturated carbocycles. The third-order valence-corrected chi connectivity index (χ3v) is 3.75. The molecule has 0 amide bonds. The minimum Gasteiger partial charge on any atom is -0.375 e. The molecule has 0 unspecified atom stereocenters. The van der Waals surface area contributed by atoms with Crippen LogP contribution in [0.1, 0.15) is 50.8 Å². The lowest BCUT2D eigenvalue weighted by Gasteiger charge is -2.24. The first-order chi connectivity index (χ1) is 9.24. The van der Waals surface area contributed by atoms with Crippen molar-refractivity contribution in [2.45, 2.75) is 58.7 Å². The second-order valence-corrected chi connectivity index (χ2v) is 5.83. The fraction of sp³-hybridized carbons (Fsp3) is 0.688. The summed E-state index contributed by atoms with van der Waals surface area (Å²) in [5.41, 5.74) is 2.26. The highest BCUT2D eigenvalue weighted by molar-refractivity contribution is 5.13. The summed E-state index contributed by atoms with van der Waals surface area (Å²) >= 11 is 0. The third kappa shape index (κ3) is 5.29. The monoisotopic (exact) mass is 262 g/mol. The van der Waals surface area contributed by atoms with Crippen LogP contribution in [0.25, 0.3) is 0 Å². The predicted octanol–water partition coefficient (Wildman–Crippen LogP) is 3.29. The lowest BCUT2D eigenvalue weighted by Crippen LogP contribution is -2.21. The molecule has 3 heteroatoms. The molecule has 0 saturated heterocycles. The van der Waals surface area contributed by atoms with Crippen LogP contribution in [0.4, 0.5) is 0 Å². The Balaban J connectivity index is 1.63. The molecule has 1 aliphatic carbocycles. The zero-order valence-corrected chi connectivity index (χ0v) is 12.2. The molecule has 0 aliphatic heterocycles. The molecule has 0 bridgehead atoms. The van der Waals surface area contributed by atoms with Crippen molar-refractivity contribution < 1.29 is 4.74 Å². The lowest BCUT2D eigenvalue weighted by atomic mass is 9.83. The summed E-state index contributed by atoms with van der Waals surface area (Å²) in [5, 5.41) is 3.39. The molecule has 1 aromatic rings. The van der Waals surface area contributed by atoms with Gasteiger partial charge in [-0.15, -0.1) is 0 Å². The van der Waals surface area contributed by atoms with Crippen LogP contribution in [-0.2, 0) is 17.9 Å². The predicted molar refractivity (Wildman–Crippen MR) is 77.8 cm³/mol. The van der Waals surface area contributed by atoms with E-state index in [2.05, 4.69) is 36.3 Å². The lowest BCUT2D eigenvalue weighted by molar-refractivity contribution is 0.0929. The van der Waals surface area contributed by atoms with Crippen LogP contribution in [0, 0.1) is 5.92 Å². The molecule has 0 radical (unpaired) electrons. The van der Waals surface area contributed by atoms with Gasteiger partial charge < -0.3 is 10.1 Å². The van der Waals surface area contributed by atoms with Crippen molar-refractivity contribution in [1.82, 2.24) is 10.3 Å². The zero-order chi connectivity index (χ0) is 13.5. The standard InChI is InChI=1S/C16H26N2O/c1-13(2)17-10-15-6-7-16(18-11-15)12-19-9-8-14-4-3-5-14/h6-7,11,13-14,17H,3-5,8-10,12H2,1-2H3. The molecule has 1 aromatic heterocycles. The van der Waals surface area contributed by atoms with Crippen molar-refractivity contribution in [2.75, 3.05) is 6.61 Å². The zero-order valence-electron chi connectivity index (χ0n) is 12.2. The molecule has 0 aromatic carbocycles. The van der Waals surface area contributed by atoms with Crippen molar-refractivity contribution in [3.05, 3.63) is 29.6 Å². The number of rotatable bonds is 8. The van der Waals surface area contributed by atoms with Gasteiger partial charge in [0.2, 0.25) is 0 Å². The molecule has 0 spiro atoms. The van der Waals surface area contributed by atoms with Gasteiger partial charge in [0.05, 0.1) is 12.3 Å². The SMILES string of the molecule is CC(C)NCc1ccc(COCCC2CCC2)nc1. The molecule has 19 heavy (non-hydrogen) atoms. The molecule has 1 fully saturated rings. The van der Waals surface area contributed by atoms with Crippen LogP contribution in [0.15, 0.2) is 18.3 Å². The Bertz CT molecular complexity index is 358. The molecular weight excluding hydrogens is 236 g/mol. The van der Waals surface area contributed by atoms with Gasteiger partial charge in [-0.05, 0) is 24.0 Å². The Morgan fingerprint density at radius 1 is 1.37 bits per heavy atom. The molecule has 1 heterocycles. The highest BCUT2D eigenvalue weighted by Crippen LogP contribution is 2.29. The van der Waals surface area contributed by atoms with Gasteiger partial charge in [0.15, 0.2) is 0 Å². The van der Waals surface area contributed by atoms with Crippen LogP contribution in [-0.4, -0.2) is 17.6 Å². The van der Waals surface area contributed by atoms with Gasteiger partial charge in [-0.3, -0.25) is 4.98 Å². The summed E-state index contributed by atoms with van der Waals surface area (Å²) in [6.45, 7) is 6.70. The van der Waals surface area contributed by atoms with Crippen LogP contribution in [0.5, 0.6) is 0 Å². The number of pyridine rings is 1. The maximum Gasteiger partial charge on any atom is 0.0887 e. The third-order valence-electron chi connectivity index (χ3n) is 3.75. The highest BCUT2D eigenvalue weighted by Gasteiger charge is 2.16. The number of ether oxygens (including phenoxy) is 1.